The molecular formula is C22H16Cl2N2O4. The van der Waals surface area contributed by atoms with Crippen molar-refractivity contribution in [3.8, 4) is 0 Å². The van der Waals surface area contributed by atoms with Crippen LogP contribution in [0.2, 0.25) is 10.0 Å². The maximum absolute atomic E-state index is 13.1. The molecule has 6 nitrogen and oxygen atoms in total. The zero-order valence-corrected chi connectivity index (χ0v) is 17.2. The van der Waals surface area contributed by atoms with Crippen molar-refractivity contribution in [3.63, 3.8) is 0 Å². The van der Waals surface area contributed by atoms with E-state index in [0.29, 0.717) is 12.3 Å². The van der Waals surface area contributed by atoms with Crippen molar-refractivity contribution in [2.24, 2.45) is 0 Å². The summed E-state index contributed by atoms with van der Waals surface area (Å²) >= 11 is 12.0. The van der Waals surface area contributed by atoms with Crippen LogP contribution in [-0.2, 0) is 17.9 Å². The lowest BCUT2D eigenvalue weighted by Gasteiger charge is -2.24. The highest BCUT2D eigenvalue weighted by molar-refractivity contribution is 6.43. The van der Waals surface area contributed by atoms with E-state index in [0.717, 1.165) is 10.5 Å². The standard InChI is InChI=1S/C22H16Cl2N2O4/c23-18-9-16-17(10-19(18)24)22(29)26(21(16)28)13-20(27)25(12-15-7-4-8-30-15)11-14-5-2-1-3-6-14/h1-10H,11-13H2. The molecule has 2 heterocycles. The normalized spacial score (nSPS) is 12.9. The van der Waals surface area contributed by atoms with Gasteiger partial charge in [0.25, 0.3) is 11.8 Å². The molecule has 3 aromatic rings. The second-order valence-corrected chi connectivity index (χ2v) is 7.64. The van der Waals surface area contributed by atoms with E-state index in [-0.39, 0.29) is 33.6 Å². The number of nitrogens with zero attached hydrogens (tertiary/aromatic N) is 2. The van der Waals surface area contributed by atoms with Crippen LogP contribution in [-0.4, -0.2) is 34.1 Å². The van der Waals surface area contributed by atoms with Crippen LogP contribution in [0.15, 0.2) is 65.3 Å². The van der Waals surface area contributed by atoms with Crippen LogP contribution in [0.1, 0.15) is 32.0 Å². The molecule has 4 rings (SSSR count). The average Bonchev–Trinajstić information content (AvgIpc) is 3.32. The summed E-state index contributed by atoms with van der Waals surface area (Å²) in [4.78, 5) is 41.0. The van der Waals surface area contributed by atoms with Crippen LogP contribution in [0.3, 0.4) is 0 Å². The number of imide groups is 1. The molecule has 0 aliphatic carbocycles. The topological polar surface area (TPSA) is 70.8 Å². The summed E-state index contributed by atoms with van der Waals surface area (Å²) in [6, 6.07) is 15.6. The van der Waals surface area contributed by atoms with Crippen LogP contribution in [0.5, 0.6) is 0 Å². The number of amides is 3. The molecule has 1 aliphatic heterocycles. The van der Waals surface area contributed by atoms with E-state index in [2.05, 4.69) is 0 Å². The van der Waals surface area contributed by atoms with Crippen LogP contribution in [0.4, 0.5) is 0 Å². The number of halogens is 2. The molecular weight excluding hydrogens is 427 g/mol. The van der Waals surface area contributed by atoms with Crippen LogP contribution >= 0.6 is 23.2 Å². The number of fused-ring (bicyclic) bond motifs is 1. The Morgan fingerprint density at radius 3 is 2.10 bits per heavy atom. The molecule has 0 bridgehead atoms. The number of carbonyl (C=O) groups excluding carboxylic acids is 3. The molecule has 0 N–H and O–H groups in total. The minimum absolute atomic E-state index is 0.142. The van der Waals surface area contributed by atoms with Crippen molar-refractivity contribution < 1.29 is 18.8 Å². The van der Waals surface area contributed by atoms with Crippen molar-refractivity contribution >= 4 is 40.9 Å². The number of benzene rings is 2. The molecule has 30 heavy (non-hydrogen) atoms. The van der Waals surface area contributed by atoms with E-state index in [4.69, 9.17) is 27.6 Å². The van der Waals surface area contributed by atoms with Crippen molar-refractivity contribution in [3.05, 3.63) is 93.4 Å². The highest BCUT2D eigenvalue weighted by atomic mass is 35.5. The fourth-order valence-corrected chi connectivity index (χ4v) is 3.62. The fourth-order valence-electron chi connectivity index (χ4n) is 3.29. The van der Waals surface area contributed by atoms with Crippen LogP contribution in [0, 0.1) is 0 Å². The van der Waals surface area contributed by atoms with Gasteiger partial charge in [-0.2, -0.15) is 0 Å². The van der Waals surface area contributed by atoms with Gasteiger partial charge in [-0.25, -0.2) is 0 Å². The third-order valence-electron chi connectivity index (χ3n) is 4.80. The summed E-state index contributed by atoms with van der Waals surface area (Å²) in [6.07, 6.45) is 1.53. The van der Waals surface area contributed by atoms with Gasteiger partial charge in [0.1, 0.15) is 12.3 Å². The Morgan fingerprint density at radius 1 is 0.900 bits per heavy atom. The van der Waals surface area contributed by atoms with Gasteiger partial charge in [0.2, 0.25) is 5.91 Å². The van der Waals surface area contributed by atoms with Gasteiger partial charge in [-0.05, 0) is 29.8 Å². The number of rotatable bonds is 6. The maximum atomic E-state index is 13.1. The monoisotopic (exact) mass is 442 g/mol. The van der Waals surface area contributed by atoms with Gasteiger partial charge in [-0.1, -0.05) is 53.5 Å². The minimum atomic E-state index is -0.570. The van der Waals surface area contributed by atoms with E-state index >= 15 is 0 Å². The number of furan rings is 1. The number of carbonyl (C=O) groups is 3. The summed E-state index contributed by atoms with van der Waals surface area (Å²) in [5, 5.41) is 0.349. The van der Waals surface area contributed by atoms with Gasteiger partial charge in [0.05, 0.1) is 34.0 Å². The molecule has 2 aromatic carbocycles. The number of hydrogen-bond acceptors (Lipinski definition) is 4. The maximum Gasteiger partial charge on any atom is 0.262 e. The number of hydrogen-bond donors (Lipinski definition) is 0. The molecule has 0 saturated carbocycles. The first-order valence-corrected chi connectivity index (χ1v) is 9.89. The summed E-state index contributed by atoms with van der Waals surface area (Å²) in [5.41, 5.74) is 1.20. The molecule has 1 aromatic heterocycles. The Morgan fingerprint density at radius 2 is 1.53 bits per heavy atom. The van der Waals surface area contributed by atoms with Gasteiger partial charge >= 0.3 is 0 Å². The highest BCUT2D eigenvalue weighted by Crippen LogP contribution is 2.31. The first kappa shape index (κ1) is 20.2. The van der Waals surface area contributed by atoms with E-state index in [1.807, 2.05) is 30.3 Å². The van der Waals surface area contributed by atoms with E-state index < -0.39 is 18.4 Å². The summed E-state index contributed by atoms with van der Waals surface area (Å²) in [6.45, 7) is 0.123. The Bertz CT molecular complexity index is 1070. The predicted molar refractivity (Wildman–Crippen MR) is 111 cm³/mol. The summed E-state index contributed by atoms with van der Waals surface area (Å²) < 4.78 is 5.37. The molecule has 0 fully saturated rings. The second kappa shape index (κ2) is 8.34. The average molecular weight is 443 g/mol. The lowest BCUT2D eigenvalue weighted by molar-refractivity contribution is -0.133. The Hall–Kier alpha value is -3.09. The minimum Gasteiger partial charge on any atom is -0.467 e. The molecule has 1 aliphatic rings. The largest absolute Gasteiger partial charge is 0.467 e. The molecule has 0 radical (unpaired) electrons. The van der Waals surface area contributed by atoms with Crippen molar-refractivity contribution in [2.45, 2.75) is 13.1 Å². The molecule has 3 amide bonds. The summed E-state index contributed by atoms with van der Waals surface area (Å²) in [7, 11) is 0. The Kier molecular flexibility index (Phi) is 5.61. The Balaban J connectivity index is 1.56. The van der Waals surface area contributed by atoms with Gasteiger partial charge in [-0.3, -0.25) is 19.3 Å². The second-order valence-electron chi connectivity index (χ2n) is 6.82. The van der Waals surface area contributed by atoms with E-state index in [1.54, 1.807) is 12.1 Å². The smallest absolute Gasteiger partial charge is 0.262 e. The molecule has 0 saturated heterocycles. The third-order valence-corrected chi connectivity index (χ3v) is 5.52. The van der Waals surface area contributed by atoms with E-state index in [9.17, 15) is 14.4 Å². The molecule has 152 valence electrons. The van der Waals surface area contributed by atoms with Crippen molar-refractivity contribution in [1.82, 2.24) is 9.80 Å². The van der Waals surface area contributed by atoms with Gasteiger partial charge < -0.3 is 9.32 Å². The lowest BCUT2D eigenvalue weighted by atomic mass is 10.1. The SMILES string of the molecule is O=C(CN1C(=O)c2cc(Cl)c(Cl)cc2C1=O)N(Cc1ccccc1)Cc1ccco1. The van der Waals surface area contributed by atoms with E-state index in [1.165, 1.54) is 23.3 Å². The van der Waals surface area contributed by atoms with Gasteiger partial charge in [0, 0.05) is 6.54 Å². The molecule has 8 heteroatoms. The quantitative estimate of drug-likeness (QED) is 0.530. The third kappa shape index (κ3) is 3.97. The molecule has 0 atom stereocenters. The zero-order chi connectivity index (χ0) is 21.3. The first-order chi connectivity index (χ1) is 14.4. The van der Waals surface area contributed by atoms with Crippen molar-refractivity contribution in [1.29, 1.82) is 0 Å². The van der Waals surface area contributed by atoms with Crippen LogP contribution in [0.25, 0.3) is 0 Å². The molecule has 0 unspecified atom stereocenters. The fraction of sp³-hybridized carbons (Fsp3) is 0.136. The van der Waals surface area contributed by atoms with Crippen LogP contribution < -0.4 is 0 Å². The molecule has 0 spiro atoms. The summed E-state index contributed by atoms with van der Waals surface area (Å²) in [5.74, 6) is -0.929. The first-order valence-electron chi connectivity index (χ1n) is 9.13. The lowest BCUT2D eigenvalue weighted by Crippen LogP contribution is -2.42. The van der Waals surface area contributed by atoms with Gasteiger partial charge in [-0.15, -0.1) is 0 Å². The van der Waals surface area contributed by atoms with Crippen molar-refractivity contribution in [2.75, 3.05) is 6.54 Å². The zero-order valence-electron chi connectivity index (χ0n) is 15.7. The highest BCUT2D eigenvalue weighted by Gasteiger charge is 2.38. The predicted octanol–water partition coefficient (Wildman–Crippen LogP) is 4.41. The Labute approximate surface area is 182 Å². The van der Waals surface area contributed by atoms with Gasteiger partial charge in [0.15, 0.2) is 0 Å².